The summed E-state index contributed by atoms with van der Waals surface area (Å²) in [4.78, 5) is 0.280. The summed E-state index contributed by atoms with van der Waals surface area (Å²) < 4.78 is 29.1. The summed E-state index contributed by atoms with van der Waals surface area (Å²) in [6.45, 7) is 1.78. The highest BCUT2D eigenvalue weighted by Gasteiger charge is 2.25. The van der Waals surface area contributed by atoms with Crippen molar-refractivity contribution in [1.82, 2.24) is 0 Å². The van der Waals surface area contributed by atoms with Gasteiger partial charge in [-0.3, -0.25) is 4.18 Å². The lowest BCUT2D eigenvalue weighted by Gasteiger charge is -2.12. The molecule has 16 heavy (non-hydrogen) atoms. The van der Waals surface area contributed by atoms with Crippen LogP contribution in [0.5, 0.6) is 0 Å². The van der Waals surface area contributed by atoms with Crippen molar-refractivity contribution in [2.24, 2.45) is 0 Å². The van der Waals surface area contributed by atoms with E-state index < -0.39 is 10.1 Å². The topological polar surface area (TPSA) is 43.4 Å². The maximum atomic E-state index is 12.0. The Morgan fingerprint density at radius 2 is 2.12 bits per heavy atom. The molecular formula is C11H14O3S2. The lowest BCUT2D eigenvalue weighted by Crippen LogP contribution is -2.14. The molecular weight excluding hydrogens is 244 g/mol. The lowest BCUT2D eigenvalue weighted by atomic mass is 10.2. The fourth-order valence-corrected chi connectivity index (χ4v) is 4.31. The molecule has 88 valence electrons. The van der Waals surface area contributed by atoms with E-state index in [2.05, 4.69) is 0 Å². The molecule has 0 aliphatic carbocycles. The number of hydrogen-bond donors (Lipinski definition) is 0. The minimum Gasteiger partial charge on any atom is -0.252 e. The van der Waals surface area contributed by atoms with E-state index in [1.165, 1.54) is 0 Å². The van der Waals surface area contributed by atoms with Crippen molar-refractivity contribution in [1.29, 1.82) is 0 Å². The quantitative estimate of drug-likeness (QED) is 0.782. The Hall–Kier alpha value is -0.520. The first-order valence-electron chi connectivity index (χ1n) is 5.20. The summed E-state index contributed by atoms with van der Waals surface area (Å²) in [5, 5.41) is 0. The number of aryl methyl sites for hydroxylation is 1. The second kappa shape index (κ2) is 4.77. The second-order valence-electron chi connectivity index (χ2n) is 3.76. The van der Waals surface area contributed by atoms with E-state index in [1.54, 1.807) is 36.9 Å². The molecule has 5 heteroatoms. The first kappa shape index (κ1) is 12.0. The van der Waals surface area contributed by atoms with Gasteiger partial charge in [0.2, 0.25) is 0 Å². The van der Waals surface area contributed by atoms with Crippen LogP contribution in [0.4, 0.5) is 0 Å². The highest BCUT2D eigenvalue weighted by Crippen LogP contribution is 2.30. The molecule has 0 radical (unpaired) electrons. The van der Waals surface area contributed by atoms with Crippen molar-refractivity contribution in [3.05, 3.63) is 29.8 Å². The minimum absolute atomic E-state index is 0.204. The largest absolute Gasteiger partial charge is 0.298 e. The predicted octanol–water partition coefficient (Wildman–Crippen LogP) is 2.55. The maximum Gasteiger partial charge on any atom is 0.298 e. The molecule has 0 spiro atoms. The van der Waals surface area contributed by atoms with Gasteiger partial charge >= 0.3 is 0 Å². The van der Waals surface area contributed by atoms with Gasteiger partial charge in [-0.25, -0.2) is 0 Å². The van der Waals surface area contributed by atoms with Gasteiger partial charge in [0.05, 0.1) is 4.90 Å². The van der Waals surface area contributed by atoms with Crippen LogP contribution in [0.15, 0.2) is 29.2 Å². The van der Waals surface area contributed by atoms with Crippen LogP contribution < -0.4 is 0 Å². The van der Waals surface area contributed by atoms with Gasteiger partial charge in [-0.2, -0.15) is 8.42 Å². The Morgan fingerprint density at radius 3 is 2.75 bits per heavy atom. The molecule has 0 bridgehead atoms. The molecule has 1 aliphatic rings. The molecule has 0 amide bonds. The Bertz CT molecular complexity index is 462. The fraction of sp³-hybridized carbons (Fsp3) is 0.455. The third kappa shape index (κ3) is 2.59. The van der Waals surface area contributed by atoms with Crippen molar-refractivity contribution in [2.75, 3.05) is 5.75 Å². The highest BCUT2D eigenvalue weighted by atomic mass is 32.2. The number of hydrogen-bond acceptors (Lipinski definition) is 4. The predicted molar refractivity (Wildman–Crippen MR) is 64.9 cm³/mol. The lowest BCUT2D eigenvalue weighted by molar-refractivity contribution is 0.288. The second-order valence-corrected chi connectivity index (χ2v) is 6.57. The summed E-state index contributed by atoms with van der Waals surface area (Å²) >= 11 is 1.57. The first-order chi connectivity index (χ1) is 7.59. The van der Waals surface area contributed by atoms with Crippen LogP contribution in [0.2, 0.25) is 0 Å². The van der Waals surface area contributed by atoms with Crippen LogP contribution in [0.25, 0.3) is 0 Å². The van der Waals surface area contributed by atoms with Crippen molar-refractivity contribution in [3.63, 3.8) is 0 Å². The average molecular weight is 258 g/mol. The van der Waals surface area contributed by atoms with Crippen molar-refractivity contribution < 1.29 is 12.6 Å². The van der Waals surface area contributed by atoms with E-state index in [0.717, 1.165) is 24.2 Å². The van der Waals surface area contributed by atoms with Gasteiger partial charge in [-0.1, -0.05) is 18.2 Å². The summed E-state index contributed by atoms with van der Waals surface area (Å²) in [6, 6.07) is 6.89. The van der Waals surface area contributed by atoms with E-state index in [-0.39, 0.29) is 10.3 Å². The summed E-state index contributed by atoms with van der Waals surface area (Å²) in [5.74, 6) is 0.980. The third-order valence-electron chi connectivity index (χ3n) is 2.48. The molecule has 0 unspecified atom stereocenters. The van der Waals surface area contributed by atoms with E-state index >= 15 is 0 Å². The highest BCUT2D eigenvalue weighted by molar-refractivity contribution is 8.00. The van der Waals surface area contributed by atoms with Crippen molar-refractivity contribution in [2.45, 2.75) is 30.1 Å². The molecule has 0 saturated carbocycles. The Kier molecular flexibility index (Phi) is 3.56. The molecule has 2 rings (SSSR count). The van der Waals surface area contributed by atoms with Gasteiger partial charge in [0.15, 0.2) is 0 Å². The molecule has 1 heterocycles. The molecule has 0 aromatic heterocycles. The van der Waals surface area contributed by atoms with Gasteiger partial charge in [0, 0.05) is 0 Å². The van der Waals surface area contributed by atoms with E-state index in [1.807, 2.05) is 6.07 Å². The number of rotatable bonds is 3. The summed E-state index contributed by atoms with van der Waals surface area (Å²) in [7, 11) is -3.60. The Labute approximate surface area is 100 Å². The Morgan fingerprint density at radius 1 is 1.38 bits per heavy atom. The van der Waals surface area contributed by atoms with Crippen LogP contribution in [0, 0.1) is 6.92 Å². The van der Waals surface area contributed by atoms with Gasteiger partial charge in [-0.05, 0) is 37.1 Å². The standard InChI is InChI=1S/C11H14O3S2/c1-9-5-2-3-6-10(9)16(12,13)14-11-7-4-8-15-11/h2-3,5-6,11H,4,7-8H2,1H3/t11-/m1/s1. The molecule has 1 aromatic carbocycles. The number of benzene rings is 1. The molecule has 1 aliphatic heterocycles. The molecule has 1 fully saturated rings. The normalized spacial score (nSPS) is 21.2. The smallest absolute Gasteiger partial charge is 0.252 e. The fourth-order valence-electron chi connectivity index (χ4n) is 1.65. The van der Waals surface area contributed by atoms with Crippen LogP contribution in [0.3, 0.4) is 0 Å². The maximum absolute atomic E-state index is 12.0. The zero-order valence-electron chi connectivity index (χ0n) is 9.05. The summed E-state index contributed by atoms with van der Waals surface area (Å²) in [6.07, 6.45) is 1.84. The van der Waals surface area contributed by atoms with Gasteiger partial charge in [0.25, 0.3) is 10.1 Å². The van der Waals surface area contributed by atoms with Crippen LogP contribution in [0.1, 0.15) is 18.4 Å². The van der Waals surface area contributed by atoms with Gasteiger partial charge < -0.3 is 0 Å². The third-order valence-corrected chi connectivity index (χ3v) is 5.32. The Balaban J connectivity index is 2.21. The monoisotopic (exact) mass is 258 g/mol. The van der Waals surface area contributed by atoms with Crippen LogP contribution in [-0.2, 0) is 14.3 Å². The number of thioether (sulfide) groups is 1. The van der Waals surface area contributed by atoms with E-state index in [9.17, 15) is 8.42 Å². The molecule has 1 saturated heterocycles. The average Bonchev–Trinajstić information content (AvgIpc) is 2.70. The van der Waals surface area contributed by atoms with Crippen molar-refractivity contribution >= 4 is 21.9 Å². The van der Waals surface area contributed by atoms with Crippen LogP contribution >= 0.6 is 11.8 Å². The zero-order chi connectivity index (χ0) is 11.6. The van der Waals surface area contributed by atoms with E-state index in [0.29, 0.717) is 0 Å². The SMILES string of the molecule is Cc1ccccc1S(=O)(=O)O[C@H]1CCCS1. The zero-order valence-corrected chi connectivity index (χ0v) is 10.7. The first-order valence-corrected chi connectivity index (χ1v) is 7.66. The van der Waals surface area contributed by atoms with Gasteiger partial charge in [-0.15, -0.1) is 11.8 Å². The molecule has 1 aromatic rings. The van der Waals surface area contributed by atoms with Gasteiger partial charge in [0.1, 0.15) is 5.44 Å². The summed E-state index contributed by atoms with van der Waals surface area (Å²) in [5.41, 5.74) is 0.523. The van der Waals surface area contributed by atoms with Crippen LogP contribution in [-0.4, -0.2) is 19.6 Å². The molecule has 3 nitrogen and oxygen atoms in total. The van der Waals surface area contributed by atoms with E-state index in [4.69, 9.17) is 4.18 Å². The van der Waals surface area contributed by atoms with Crippen molar-refractivity contribution in [3.8, 4) is 0 Å². The minimum atomic E-state index is -3.60. The molecule has 0 N–H and O–H groups in total. The molecule has 1 atom stereocenters.